The number of methoxy groups -OCH3 is 1. The molecule has 1 N–H and O–H groups in total. The normalized spacial score (nSPS) is 30.3. The minimum Gasteiger partial charge on any atom is -0.473 e. The average Bonchev–Trinajstić information content (AvgIpc) is 2.99. The highest BCUT2D eigenvalue weighted by molar-refractivity contribution is 6.21. The second-order valence-electron chi connectivity index (χ2n) is 4.86. The molecule has 2 aliphatic heterocycles. The van der Waals surface area contributed by atoms with Crippen molar-refractivity contribution in [1.82, 2.24) is 20.5 Å². The minimum absolute atomic E-state index is 0.0534. The zero-order chi connectivity index (χ0) is 14.7. The van der Waals surface area contributed by atoms with Gasteiger partial charge in [0.15, 0.2) is 0 Å². The Bertz CT molecular complexity index is 489. The van der Waals surface area contributed by atoms with Crippen LogP contribution < -0.4 is 10.2 Å². The SMILES string of the molecule is COC1N=CNN1N1CCC(Oc2ccccn2)C(Cl)C1. The van der Waals surface area contributed by atoms with Gasteiger partial charge in [-0.3, -0.25) is 5.43 Å². The van der Waals surface area contributed by atoms with Crippen LogP contribution in [0, 0.1) is 0 Å². The number of nitrogens with zero attached hydrogens (tertiary/aromatic N) is 4. The van der Waals surface area contributed by atoms with Crippen LogP contribution in [-0.2, 0) is 4.74 Å². The molecular formula is C13H18ClN5O2. The van der Waals surface area contributed by atoms with Crippen LogP contribution in [0.4, 0.5) is 0 Å². The van der Waals surface area contributed by atoms with Crippen LogP contribution in [-0.4, -0.2) is 59.5 Å². The maximum Gasteiger partial charge on any atom is 0.238 e. The Kier molecular flexibility index (Phi) is 4.54. The maximum atomic E-state index is 6.47. The molecule has 0 saturated carbocycles. The Morgan fingerprint density at radius 3 is 3.05 bits per heavy atom. The van der Waals surface area contributed by atoms with Crippen molar-refractivity contribution in [1.29, 1.82) is 0 Å². The molecule has 21 heavy (non-hydrogen) atoms. The summed E-state index contributed by atoms with van der Waals surface area (Å²) in [5.74, 6) is 0.610. The monoisotopic (exact) mass is 311 g/mol. The van der Waals surface area contributed by atoms with Crippen molar-refractivity contribution in [2.45, 2.75) is 24.3 Å². The van der Waals surface area contributed by atoms with E-state index in [1.54, 1.807) is 19.6 Å². The van der Waals surface area contributed by atoms with Gasteiger partial charge in [0.05, 0.1) is 5.38 Å². The lowest BCUT2D eigenvalue weighted by atomic mass is 10.1. The molecule has 3 unspecified atom stereocenters. The fourth-order valence-corrected chi connectivity index (χ4v) is 2.77. The number of aliphatic imine (C=N–C) groups is 1. The largest absolute Gasteiger partial charge is 0.473 e. The molecule has 3 atom stereocenters. The fraction of sp³-hybridized carbons (Fsp3) is 0.538. The molecule has 0 spiro atoms. The molecule has 7 nitrogen and oxygen atoms in total. The van der Waals surface area contributed by atoms with E-state index in [1.807, 2.05) is 23.3 Å². The van der Waals surface area contributed by atoms with Crippen molar-refractivity contribution in [2.24, 2.45) is 4.99 Å². The molecule has 2 aliphatic rings. The van der Waals surface area contributed by atoms with E-state index in [-0.39, 0.29) is 17.8 Å². The molecule has 1 saturated heterocycles. The van der Waals surface area contributed by atoms with Gasteiger partial charge in [0.25, 0.3) is 0 Å². The topological polar surface area (TPSA) is 62.2 Å². The first kappa shape index (κ1) is 14.5. The molecule has 1 fully saturated rings. The Hall–Kier alpha value is -1.41. The smallest absolute Gasteiger partial charge is 0.238 e. The fourth-order valence-electron chi connectivity index (χ4n) is 2.43. The predicted octanol–water partition coefficient (Wildman–Crippen LogP) is 0.836. The van der Waals surface area contributed by atoms with E-state index < -0.39 is 0 Å². The van der Waals surface area contributed by atoms with Crippen molar-refractivity contribution in [3.05, 3.63) is 24.4 Å². The standard InChI is InChI=1S/C13H18ClN5O2/c1-20-13-16-9-17-19(13)18-7-5-11(10(14)8-18)21-12-4-2-3-6-15-12/h2-4,6,9-11,13H,5,7-8H2,1H3,(H,16,17). The molecule has 114 valence electrons. The summed E-state index contributed by atoms with van der Waals surface area (Å²) < 4.78 is 11.1. The zero-order valence-corrected chi connectivity index (χ0v) is 12.5. The number of rotatable bonds is 4. The average molecular weight is 312 g/mol. The first-order chi connectivity index (χ1) is 10.3. The second kappa shape index (κ2) is 6.57. The van der Waals surface area contributed by atoms with Gasteiger partial charge in [-0.15, -0.1) is 16.7 Å². The molecule has 0 aliphatic carbocycles. The summed E-state index contributed by atoms with van der Waals surface area (Å²) >= 11 is 6.47. The number of nitrogens with one attached hydrogen (secondary N) is 1. The Labute approximate surface area is 128 Å². The number of hydrogen-bond acceptors (Lipinski definition) is 7. The summed E-state index contributed by atoms with van der Waals surface area (Å²) in [4.78, 5) is 8.34. The molecule has 0 radical (unpaired) electrons. The minimum atomic E-state index is -0.345. The van der Waals surface area contributed by atoms with Crippen molar-refractivity contribution >= 4 is 17.9 Å². The van der Waals surface area contributed by atoms with Crippen molar-refractivity contribution < 1.29 is 9.47 Å². The molecule has 1 aromatic rings. The van der Waals surface area contributed by atoms with Crippen LogP contribution in [0.15, 0.2) is 29.4 Å². The summed E-state index contributed by atoms with van der Waals surface area (Å²) in [6, 6.07) is 5.60. The van der Waals surface area contributed by atoms with E-state index in [4.69, 9.17) is 21.1 Å². The highest BCUT2D eigenvalue weighted by Gasteiger charge is 2.36. The van der Waals surface area contributed by atoms with Crippen LogP contribution in [0.1, 0.15) is 6.42 Å². The van der Waals surface area contributed by atoms with Crippen LogP contribution in [0.5, 0.6) is 5.88 Å². The highest BCUT2D eigenvalue weighted by atomic mass is 35.5. The molecule has 8 heteroatoms. The van der Waals surface area contributed by atoms with E-state index in [1.165, 1.54) is 0 Å². The Morgan fingerprint density at radius 1 is 1.43 bits per heavy atom. The van der Waals surface area contributed by atoms with Crippen LogP contribution in [0.25, 0.3) is 0 Å². The third kappa shape index (κ3) is 3.26. The van der Waals surface area contributed by atoms with Crippen LogP contribution in [0.3, 0.4) is 0 Å². The molecule has 3 rings (SSSR count). The molecule has 0 amide bonds. The molecule has 0 aromatic carbocycles. The van der Waals surface area contributed by atoms with Gasteiger partial charge in [0, 0.05) is 38.9 Å². The van der Waals surface area contributed by atoms with Gasteiger partial charge in [-0.1, -0.05) is 6.07 Å². The van der Waals surface area contributed by atoms with Gasteiger partial charge in [0.2, 0.25) is 12.2 Å². The number of aromatic nitrogens is 1. The van der Waals surface area contributed by atoms with Gasteiger partial charge in [0.1, 0.15) is 12.4 Å². The number of halogens is 1. The van der Waals surface area contributed by atoms with E-state index in [9.17, 15) is 0 Å². The predicted molar refractivity (Wildman–Crippen MR) is 78.7 cm³/mol. The lowest BCUT2D eigenvalue weighted by Gasteiger charge is -2.40. The summed E-state index contributed by atoms with van der Waals surface area (Å²) in [5, 5.41) is 3.78. The summed E-state index contributed by atoms with van der Waals surface area (Å²) in [5.41, 5.74) is 3.04. The lowest BCUT2D eigenvalue weighted by molar-refractivity contribution is -0.170. The molecule has 3 heterocycles. The third-order valence-corrected chi connectivity index (χ3v) is 3.91. The van der Waals surface area contributed by atoms with Crippen LogP contribution in [0.2, 0.25) is 0 Å². The molecule has 1 aromatic heterocycles. The second-order valence-corrected chi connectivity index (χ2v) is 5.42. The Morgan fingerprint density at radius 2 is 2.33 bits per heavy atom. The lowest BCUT2D eigenvalue weighted by Crippen LogP contribution is -2.58. The van der Waals surface area contributed by atoms with Gasteiger partial charge in [-0.2, -0.15) is 0 Å². The number of hydrazine groups is 2. The van der Waals surface area contributed by atoms with Crippen LogP contribution >= 0.6 is 11.6 Å². The summed E-state index contributed by atoms with van der Waals surface area (Å²) in [7, 11) is 1.62. The zero-order valence-electron chi connectivity index (χ0n) is 11.7. The van der Waals surface area contributed by atoms with Crippen molar-refractivity contribution in [2.75, 3.05) is 20.2 Å². The van der Waals surface area contributed by atoms with Gasteiger partial charge < -0.3 is 9.47 Å². The highest BCUT2D eigenvalue weighted by Crippen LogP contribution is 2.23. The van der Waals surface area contributed by atoms with E-state index >= 15 is 0 Å². The molecular weight excluding hydrogens is 294 g/mol. The summed E-state index contributed by atoms with van der Waals surface area (Å²) in [6.07, 6.45) is 3.74. The number of pyridine rings is 1. The van der Waals surface area contributed by atoms with Gasteiger partial charge in [-0.05, 0) is 6.07 Å². The first-order valence-electron chi connectivity index (χ1n) is 6.84. The van der Waals surface area contributed by atoms with Crippen molar-refractivity contribution in [3.8, 4) is 5.88 Å². The van der Waals surface area contributed by atoms with E-state index in [0.717, 1.165) is 13.0 Å². The number of ether oxygens (including phenoxy) is 2. The van der Waals surface area contributed by atoms with Gasteiger partial charge >= 0.3 is 0 Å². The number of alkyl halides is 1. The summed E-state index contributed by atoms with van der Waals surface area (Å²) in [6.45, 7) is 1.45. The van der Waals surface area contributed by atoms with E-state index in [0.29, 0.717) is 12.4 Å². The van der Waals surface area contributed by atoms with Gasteiger partial charge in [-0.25, -0.2) is 15.0 Å². The Balaban J connectivity index is 1.57. The number of hydrogen-bond donors (Lipinski definition) is 1. The number of piperidine rings is 1. The first-order valence-corrected chi connectivity index (χ1v) is 7.28. The quantitative estimate of drug-likeness (QED) is 0.831. The van der Waals surface area contributed by atoms with E-state index in [2.05, 4.69) is 20.4 Å². The molecule has 0 bridgehead atoms. The third-order valence-electron chi connectivity index (χ3n) is 3.49. The van der Waals surface area contributed by atoms with Crippen molar-refractivity contribution in [3.63, 3.8) is 0 Å². The maximum absolute atomic E-state index is 6.47.